The van der Waals surface area contributed by atoms with Crippen molar-refractivity contribution in [2.75, 3.05) is 31.2 Å². The van der Waals surface area contributed by atoms with E-state index in [1.54, 1.807) is 41.9 Å². The molecule has 17 heteroatoms. The molecule has 2 N–H and O–H groups in total. The summed E-state index contributed by atoms with van der Waals surface area (Å²) < 4.78 is 20.7. The number of aryl methyl sites for hydroxylation is 2. The Bertz CT molecular complexity index is 2610. The molecule has 328 valence electrons. The van der Waals surface area contributed by atoms with Crippen molar-refractivity contribution >= 4 is 46.5 Å². The van der Waals surface area contributed by atoms with E-state index in [0.29, 0.717) is 77.3 Å². The third-order valence-corrected chi connectivity index (χ3v) is 14.0. The second kappa shape index (κ2) is 17.3. The average Bonchev–Trinajstić information content (AvgIpc) is 3.74. The molecule has 2 fully saturated rings. The average molecular weight is 892 g/mol. The number of carboxylic acid groups (broad SMARTS) is 1. The summed E-state index contributed by atoms with van der Waals surface area (Å²) >= 11 is 7.87. The number of nitrogens with one attached hydrogen (secondary N) is 1. The van der Waals surface area contributed by atoms with Crippen LogP contribution < -0.4 is 19.7 Å². The Morgan fingerprint density at radius 1 is 1.00 bits per heavy atom. The molecule has 1 saturated carbocycles. The number of hydrogen-bond donors (Lipinski definition) is 2. The maximum absolute atomic E-state index is 13.4. The Hall–Kier alpha value is -5.89. The van der Waals surface area contributed by atoms with E-state index in [1.807, 2.05) is 35.8 Å². The number of carbonyl (C=O) groups excluding carboxylic acids is 1. The minimum atomic E-state index is -0.963. The van der Waals surface area contributed by atoms with Gasteiger partial charge in [0.2, 0.25) is 5.95 Å². The predicted octanol–water partition coefficient (Wildman–Crippen LogP) is 7.61. The zero-order chi connectivity index (χ0) is 44.8. The number of amides is 1. The number of anilines is 1. The topological polar surface area (TPSA) is 190 Å². The number of thiophene rings is 1. The Labute approximate surface area is 375 Å². The Morgan fingerprint density at radius 3 is 2.41 bits per heavy atom. The number of halogens is 1. The molecule has 1 amide bonds. The van der Waals surface area contributed by atoms with E-state index < -0.39 is 22.8 Å². The van der Waals surface area contributed by atoms with Crippen LogP contribution in [0.2, 0.25) is 5.02 Å². The van der Waals surface area contributed by atoms with Gasteiger partial charge in [-0.25, -0.2) is 9.97 Å². The second-order valence-corrected chi connectivity index (χ2v) is 19.1. The third kappa shape index (κ3) is 8.49. The molecule has 63 heavy (non-hydrogen) atoms. The molecule has 5 heterocycles. The minimum Gasteiger partial charge on any atom is -0.491 e. The van der Waals surface area contributed by atoms with E-state index in [0.717, 1.165) is 39.4 Å². The third-order valence-electron chi connectivity index (χ3n) is 12.5. The van der Waals surface area contributed by atoms with Gasteiger partial charge >= 0.3 is 5.97 Å². The Balaban J connectivity index is 0.823. The van der Waals surface area contributed by atoms with Crippen LogP contribution in [0.1, 0.15) is 102 Å². The van der Waals surface area contributed by atoms with Gasteiger partial charge in [0.15, 0.2) is 5.82 Å². The Morgan fingerprint density at radius 2 is 1.73 bits per heavy atom. The highest BCUT2D eigenvalue weighted by atomic mass is 35.5. The van der Waals surface area contributed by atoms with Crippen LogP contribution in [0.4, 0.5) is 5.95 Å². The van der Waals surface area contributed by atoms with Crippen molar-refractivity contribution in [3.8, 4) is 22.6 Å². The molecular formula is C46H50ClN9O6S. The monoisotopic (exact) mass is 891 g/mol. The van der Waals surface area contributed by atoms with Gasteiger partial charge in [-0.2, -0.15) is 5.26 Å². The van der Waals surface area contributed by atoms with Crippen LogP contribution in [-0.2, 0) is 9.53 Å². The van der Waals surface area contributed by atoms with Crippen LogP contribution in [0, 0.1) is 42.9 Å². The van der Waals surface area contributed by atoms with Crippen molar-refractivity contribution < 1.29 is 28.9 Å². The lowest BCUT2D eigenvalue weighted by Crippen LogP contribution is -2.74. The van der Waals surface area contributed by atoms with Gasteiger partial charge in [0.1, 0.15) is 47.1 Å². The van der Waals surface area contributed by atoms with Crippen molar-refractivity contribution in [2.45, 2.75) is 92.0 Å². The molecule has 0 bridgehead atoms. The van der Waals surface area contributed by atoms with Crippen molar-refractivity contribution in [1.29, 1.82) is 5.26 Å². The fourth-order valence-electron chi connectivity index (χ4n) is 9.43. The van der Waals surface area contributed by atoms with Crippen LogP contribution in [0.15, 0.2) is 59.9 Å². The van der Waals surface area contributed by atoms with Crippen LogP contribution >= 0.6 is 22.9 Å². The molecule has 1 atom stereocenters. The van der Waals surface area contributed by atoms with Gasteiger partial charge in [0.05, 0.1) is 41.0 Å². The van der Waals surface area contributed by atoms with Crippen LogP contribution in [0.5, 0.6) is 11.5 Å². The largest absolute Gasteiger partial charge is 0.491 e. The van der Waals surface area contributed by atoms with Crippen molar-refractivity contribution in [2.24, 2.45) is 15.8 Å². The normalized spacial score (nSPS) is 20.0. The van der Waals surface area contributed by atoms with E-state index in [2.05, 4.69) is 78.0 Å². The van der Waals surface area contributed by atoms with Gasteiger partial charge in [0, 0.05) is 64.4 Å². The molecular weight excluding hydrogens is 842 g/mol. The highest BCUT2D eigenvalue weighted by molar-refractivity contribution is 7.15. The first-order valence-electron chi connectivity index (χ1n) is 21.0. The van der Waals surface area contributed by atoms with E-state index in [1.165, 1.54) is 0 Å². The van der Waals surface area contributed by atoms with Crippen LogP contribution in [0.25, 0.3) is 5.00 Å². The minimum absolute atomic E-state index is 0.0521. The first-order valence-corrected chi connectivity index (χ1v) is 22.2. The molecule has 0 radical (unpaired) electrons. The van der Waals surface area contributed by atoms with E-state index in [-0.39, 0.29) is 30.6 Å². The molecule has 1 aliphatic carbocycles. The van der Waals surface area contributed by atoms with Crippen LogP contribution in [-0.4, -0.2) is 92.0 Å². The number of piperidine rings is 1. The number of rotatable bonds is 13. The number of nitriles is 1. The number of aliphatic imine (C=N–C) groups is 1. The molecule has 8 rings (SSSR count). The molecule has 0 unspecified atom stereocenters. The number of ether oxygens (including phenoxy) is 3. The molecule has 1 saturated heterocycles. The number of carboxylic acids is 1. The first-order chi connectivity index (χ1) is 30.1. The number of aromatic nitrogens is 5. The summed E-state index contributed by atoms with van der Waals surface area (Å²) in [7, 11) is 0. The number of benzene rings is 2. The van der Waals surface area contributed by atoms with Gasteiger partial charge < -0.3 is 29.5 Å². The highest BCUT2D eigenvalue weighted by Gasteiger charge is 2.64. The summed E-state index contributed by atoms with van der Waals surface area (Å²) in [6.45, 7) is 16.4. The number of hydrogen-bond acceptors (Lipinski definition) is 13. The molecule has 0 spiro atoms. The summed E-state index contributed by atoms with van der Waals surface area (Å²) in [4.78, 5) is 42.8. The standard InChI is InChI=1S/C46H50ClN9O6S/c1-25-26(2)63-41-37(25)38(51-35(21-36(57)58)39-54-53-27(3)56(39)41)28-9-8-10-32(19-28)61-18-17-60-31-13-15-55(16-14-31)44-49-23-30(24-50-44)40(59)52-42-45(4,5)43(46(42,6)7)62-33-12-11-29(22-48)34(47)20-33/h8-12,19-20,23-24,31,35,42-43H,13-18,21H2,1-7H3,(H,52,59)(H,57,58)/t35-,42?,43?/m0/s1. The molecule has 2 aromatic carbocycles. The lowest BCUT2D eigenvalue weighted by molar-refractivity contribution is -0.164. The molecule has 5 aromatic rings. The number of nitrogens with zero attached hydrogens (tertiary/aromatic N) is 8. The number of fused-ring (bicyclic) bond motifs is 3. The molecule has 15 nitrogen and oxygen atoms in total. The van der Waals surface area contributed by atoms with E-state index in [9.17, 15) is 20.0 Å². The summed E-state index contributed by atoms with van der Waals surface area (Å²) in [5, 5.41) is 32.1. The molecule has 3 aliphatic rings. The predicted molar refractivity (Wildman–Crippen MR) is 239 cm³/mol. The van der Waals surface area contributed by atoms with Crippen molar-refractivity contribution in [3.05, 3.63) is 104 Å². The zero-order valence-corrected chi connectivity index (χ0v) is 37.9. The maximum atomic E-state index is 13.4. The summed E-state index contributed by atoms with van der Waals surface area (Å²) in [6.07, 6.45) is 4.35. The van der Waals surface area contributed by atoms with Crippen molar-refractivity contribution in [1.82, 2.24) is 30.0 Å². The molecule has 2 aliphatic heterocycles. The SMILES string of the molecule is Cc1sc2c(c1C)C(c1cccc(OCCOC3CCN(c4ncc(C(=O)NC5C(C)(C)C(Oc6ccc(C#N)c(Cl)c6)C5(C)C)cn4)CC3)c1)=N[C@@H](CC(=O)O)c1nnc(C)n1-2. The fourth-order valence-corrected chi connectivity index (χ4v) is 10.9. The molecule has 3 aromatic heterocycles. The van der Waals surface area contributed by atoms with Gasteiger partial charge in [-0.1, -0.05) is 51.4 Å². The van der Waals surface area contributed by atoms with Gasteiger partial charge in [-0.3, -0.25) is 19.1 Å². The van der Waals surface area contributed by atoms with Gasteiger partial charge in [-0.15, -0.1) is 21.5 Å². The number of carbonyl (C=O) groups is 2. The smallest absolute Gasteiger partial charge is 0.306 e. The first kappa shape index (κ1) is 43.7. The van der Waals surface area contributed by atoms with Crippen LogP contribution in [0.3, 0.4) is 0 Å². The van der Waals surface area contributed by atoms with Crippen molar-refractivity contribution in [3.63, 3.8) is 0 Å². The summed E-state index contributed by atoms with van der Waals surface area (Å²) in [5.74, 6) is 1.78. The highest BCUT2D eigenvalue weighted by Crippen LogP contribution is 2.55. The maximum Gasteiger partial charge on any atom is 0.306 e. The Kier molecular flexibility index (Phi) is 12.0. The van der Waals surface area contributed by atoms with Gasteiger partial charge in [-0.05, 0) is 63.4 Å². The lowest BCUT2D eigenvalue weighted by atomic mass is 9.49. The zero-order valence-electron chi connectivity index (χ0n) is 36.3. The number of aliphatic carboxylic acids is 1. The second-order valence-electron chi connectivity index (χ2n) is 17.5. The van der Waals surface area contributed by atoms with E-state index >= 15 is 0 Å². The lowest BCUT2D eigenvalue weighted by Gasteiger charge is -2.63. The summed E-state index contributed by atoms with van der Waals surface area (Å²) in [5.41, 5.74) is 3.51. The van der Waals surface area contributed by atoms with Gasteiger partial charge in [0.25, 0.3) is 5.91 Å². The quantitative estimate of drug-likeness (QED) is 0.110. The van der Waals surface area contributed by atoms with E-state index in [4.69, 9.17) is 30.8 Å². The summed E-state index contributed by atoms with van der Waals surface area (Å²) in [6, 6.07) is 13.9. The fraction of sp³-hybridized carbons (Fsp3) is 0.435.